The highest BCUT2D eigenvalue weighted by Crippen LogP contribution is 2.48. The van der Waals surface area contributed by atoms with E-state index in [4.69, 9.17) is 10.00 Å². The molecule has 1 saturated carbocycles. The molecule has 0 saturated heterocycles. The topological polar surface area (TPSA) is 33.0 Å². The van der Waals surface area contributed by atoms with Gasteiger partial charge in [0.05, 0.1) is 18.1 Å². The van der Waals surface area contributed by atoms with Crippen LogP contribution >= 0.6 is 0 Å². The summed E-state index contributed by atoms with van der Waals surface area (Å²) in [6, 6.07) is 10.3. The lowest BCUT2D eigenvalue weighted by Crippen LogP contribution is -2.08. The molecular weight excluding hydrogens is 174 g/mol. The van der Waals surface area contributed by atoms with E-state index in [1.807, 2.05) is 12.1 Å². The molecule has 2 nitrogen and oxygen atoms in total. The monoisotopic (exact) mass is 187 g/mol. The van der Waals surface area contributed by atoms with E-state index in [1.165, 1.54) is 5.56 Å². The molecule has 1 fully saturated rings. The average molecular weight is 187 g/mol. The van der Waals surface area contributed by atoms with Crippen molar-refractivity contribution in [2.24, 2.45) is 0 Å². The summed E-state index contributed by atoms with van der Waals surface area (Å²) in [5.74, 6) is 0. The van der Waals surface area contributed by atoms with Crippen molar-refractivity contribution in [3.05, 3.63) is 35.4 Å². The molecule has 1 aromatic rings. The Morgan fingerprint density at radius 1 is 1.50 bits per heavy atom. The number of benzene rings is 1. The molecule has 1 aliphatic rings. The first kappa shape index (κ1) is 9.23. The average Bonchev–Trinajstić information content (AvgIpc) is 2.99. The molecule has 0 bridgehead atoms. The van der Waals surface area contributed by atoms with Gasteiger partial charge in [-0.2, -0.15) is 5.26 Å². The predicted molar refractivity (Wildman–Crippen MR) is 53.7 cm³/mol. The molecule has 0 amide bonds. The maximum atomic E-state index is 8.60. The quantitative estimate of drug-likeness (QED) is 0.727. The third kappa shape index (κ3) is 1.51. The van der Waals surface area contributed by atoms with Crippen molar-refractivity contribution < 1.29 is 4.74 Å². The zero-order valence-electron chi connectivity index (χ0n) is 8.29. The van der Waals surface area contributed by atoms with Gasteiger partial charge in [0.15, 0.2) is 0 Å². The molecule has 0 N–H and O–H groups in total. The van der Waals surface area contributed by atoms with E-state index in [2.05, 4.69) is 18.2 Å². The molecule has 0 atom stereocenters. The van der Waals surface area contributed by atoms with Crippen LogP contribution in [0.25, 0.3) is 0 Å². The first-order chi connectivity index (χ1) is 6.80. The van der Waals surface area contributed by atoms with Crippen LogP contribution in [0.4, 0.5) is 0 Å². The fraction of sp³-hybridized carbons (Fsp3) is 0.417. The van der Waals surface area contributed by atoms with E-state index >= 15 is 0 Å². The van der Waals surface area contributed by atoms with Crippen molar-refractivity contribution in [1.29, 1.82) is 5.26 Å². The summed E-state index contributed by atoms with van der Waals surface area (Å²) in [4.78, 5) is 0. The molecule has 14 heavy (non-hydrogen) atoms. The number of methoxy groups -OCH3 is 1. The fourth-order valence-corrected chi connectivity index (χ4v) is 1.78. The van der Waals surface area contributed by atoms with Crippen molar-refractivity contribution >= 4 is 0 Å². The molecule has 0 heterocycles. The maximum Gasteiger partial charge on any atom is 0.0930 e. The van der Waals surface area contributed by atoms with Crippen LogP contribution in [0, 0.1) is 11.3 Å². The van der Waals surface area contributed by atoms with Crippen molar-refractivity contribution in [2.45, 2.75) is 24.9 Å². The Bertz CT molecular complexity index is 374. The second-order valence-electron chi connectivity index (χ2n) is 3.73. The number of hydrogen-bond acceptors (Lipinski definition) is 2. The van der Waals surface area contributed by atoms with E-state index in [-0.39, 0.29) is 5.60 Å². The molecule has 2 rings (SSSR count). The Balaban J connectivity index is 2.27. The van der Waals surface area contributed by atoms with Crippen LogP contribution in [-0.4, -0.2) is 7.11 Å². The van der Waals surface area contributed by atoms with Gasteiger partial charge in [-0.05, 0) is 24.0 Å². The van der Waals surface area contributed by atoms with Crippen molar-refractivity contribution in [2.75, 3.05) is 7.11 Å². The molecular formula is C12H13NO. The molecule has 0 aliphatic heterocycles. The smallest absolute Gasteiger partial charge is 0.0930 e. The Hall–Kier alpha value is -1.33. The van der Waals surface area contributed by atoms with Gasteiger partial charge in [-0.25, -0.2) is 0 Å². The van der Waals surface area contributed by atoms with Gasteiger partial charge in [0, 0.05) is 7.11 Å². The lowest BCUT2D eigenvalue weighted by Gasteiger charge is -2.14. The lowest BCUT2D eigenvalue weighted by molar-refractivity contribution is 0.0789. The highest BCUT2D eigenvalue weighted by atomic mass is 16.5. The van der Waals surface area contributed by atoms with Crippen molar-refractivity contribution in [1.82, 2.24) is 0 Å². The van der Waals surface area contributed by atoms with Crippen molar-refractivity contribution in [3.63, 3.8) is 0 Å². The van der Waals surface area contributed by atoms with Crippen LogP contribution in [-0.2, 0) is 16.8 Å². The summed E-state index contributed by atoms with van der Waals surface area (Å²) in [6.45, 7) is 0. The summed E-state index contributed by atoms with van der Waals surface area (Å²) in [6.07, 6.45) is 2.67. The molecule has 0 radical (unpaired) electrons. The van der Waals surface area contributed by atoms with E-state index in [0.29, 0.717) is 6.42 Å². The summed E-state index contributed by atoms with van der Waals surface area (Å²) in [7, 11) is 1.75. The first-order valence-corrected chi connectivity index (χ1v) is 4.82. The number of nitriles is 1. The SMILES string of the molecule is COC1(c2cccc(CC#N)c2)CC1. The number of nitrogens with zero attached hydrogens (tertiary/aromatic N) is 1. The zero-order valence-corrected chi connectivity index (χ0v) is 8.29. The minimum Gasteiger partial charge on any atom is -0.374 e. The van der Waals surface area contributed by atoms with Crippen LogP contribution in [0.3, 0.4) is 0 Å². The van der Waals surface area contributed by atoms with Crippen LogP contribution in [0.1, 0.15) is 24.0 Å². The van der Waals surface area contributed by atoms with Gasteiger partial charge < -0.3 is 4.74 Å². The molecule has 2 heteroatoms. The van der Waals surface area contributed by atoms with Gasteiger partial charge in [0.2, 0.25) is 0 Å². The summed E-state index contributed by atoms with van der Waals surface area (Å²) < 4.78 is 5.49. The largest absolute Gasteiger partial charge is 0.374 e. The summed E-state index contributed by atoms with van der Waals surface area (Å²) >= 11 is 0. The minimum atomic E-state index is -0.0362. The normalized spacial score (nSPS) is 17.4. The Labute approximate surface area is 84.1 Å². The number of hydrogen-bond donors (Lipinski definition) is 0. The number of ether oxygens (including phenoxy) is 1. The van der Waals surface area contributed by atoms with Gasteiger partial charge in [0.25, 0.3) is 0 Å². The molecule has 1 aromatic carbocycles. The Morgan fingerprint density at radius 3 is 2.86 bits per heavy atom. The van der Waals surface area contributed by atoms with Crippen molar-refractivity contribution in [3.8, 4) is 6.07 Å². The molecule has 0 aromatic heterocycles. The third-order valence-corrected chi connectivity index (χ3v) is 2.83. The fourth-order valence-electron chi connectivity index (χ4n) is 1.78. The minimum absolute atomic E-state index is 0.0362. The summed E-state index contributed by atoms with van der Waals surface area (Å²) in [5.41, 5.74) is 2.26. The second kappa shape index (κ2) is 3.43. The van der Waals surface area contributed by atoms with Gasteiger partial charge in [-0.3, -0.25) is 0 Å². The molecule has 1 aliphatic carbocycles. The Morgan fingerprint density at radius 2 is 2.29 bits per heavy atom. The van der Waals surface area contributed by atoms with E-state index in [9.17, 15) is 0 Å². The first-order valence-electron chi connectivity index (χ1n) is 4.82. The van der Waals surface area contributed by atoms with Crippen LogP contribution < -0.4 is 0 Å². The standard InChI is InChI=1S/C12H13NO/c1-14-12(6-7-12)11-4-2-3-10(9-11)5-8-13/h2-4,9H,5-7H2,1H3. The second-order valence-corrected chi connectivity index (χ2v) is 3.73. The highest BCUT2D eigenvalue weighted by molar-refractivity contribution is 5.33. The Kier molecular flexibility index (Phi) is 2.26. The molecule has 0 spiro atoms. The molecule has 72 valence electrons. The van der Waals surface area contributed by atoms with Crippen LogP contribution in [0.2, 0.25) is 0 Å². The van der Waals surface area contributed by atoms with Gasteiger partial charge in [0.1, 0.15) is 0 Å². The van der Waals surface area contributed by atoms with Crippen LogP contribution in [0.15, 0.2) is 24.3 Å². The van der Waals surface area contributed by atoms with Gasteiger partial charge in [-0.15, -0.1) is 0 Å². The third-order valence-electron chi connectivity index (χ3n) is 2.83. The summed E-state index contributed by atoms with van der Waals surface area (Å²) in [5, 5.41) is 8.60. The van der Waals surface area contributed by atoms with E-state index in [1.54, 1.807) is 7.11 Å². The zero-order chi connectivity index (χ0) is 10.0. The number of rotatable bonds is 3. The van der Waals surface area contributed by atoms with Gasteiger partial charge >= 0.3 is 0 Å². The predicted octanol–water partition coefficient (Wildman–Crippen LogP) is 2.39. The highest BCUT2D eigenvalue weighted by Gasteiger charge is 2.44. The maximum absolute atomic E-state index is 8.60. The van der Waals surface area contributed by atoms with E-state index < -0.39 is 0 Å². The van der Waals surface area contributed by atoms with Crippen LogP contribution in [0.5, 0.6) is 0 Å². The van der Waals surface area contributed by atoms with Gasteiger partial charge in [-0.1, -0.05) is 24.3 Å². The molecule has 0 unspecified atom stereocenters. The lowest BCUT2D eigenvalue weighted by atomic mass is 10.0. The van der Waals surface area contributed by atoms with E-state index in [0.717, 1.165) is 18.4 Å².